The molecule has 0 radical (unpaired) electrons. The first-order valence-corrected chi connectivity index (χ1v) is 8.51. The van der Waals surface area contributed by atoms with Gasteiger partial charge in [-0.2, -0.15) is 9.57 Å². The molecule has 0 aromatic heterocycles. The Kier molecular flexibility index (Phi) is 6.29. The van der Waals surface area contributed by atoms with Gasteiger partial charge in [-0.15, -0.1) is 0 Å². The molecule has 0 aliphatic heterocycles. The second-order valence-electron chi connectivity index (χ2n) is 4.97. The lowest BCUT2D eigenvalue weighted by Crippen LogP contribution is -2.35. The molecule has 0 unspecified atom stereocenters. The molecule has 5 nitrogen and oxygen atoms in total. The molecule has 21 heavy (non-hydrogen) atoms. The summed E-state index contributed by atoms with van der Waals surface area (Å²) in [6, 6.07) is 4.62. The lowest BCUT2D eigenvalue weighted by atomic mass is 10.2. The van der Waals surface area contributed by atoms with Gasteiger partial charge in [-0.3, -0.25) is 0 Å². The second-order valence-corrected chi connectivity index (χ2v) is 7.69. The number of rotatable bonds is 6. The zero-order valence-electron chi connectivity index (χ0n) is 11.8. The molecule has 1 rings (SSSR count). The Bertz CT molecular complexity index is 631. The highest BCUT2D eigenvalue weighted by molar-refractivity contribution is 7.89. The number of hydrogen-bond donors (Lipinski definition) is 1. The quantitative estimate of drug-likeness (QED) is 0.799. The van der Waals surface area contributed by atoms with E-state index in [1.165, 1.54) is 16.4 Å². The van der Waals surface area contributed by atoms with E-state index in [1.807, 2.05) is 19.9 Å². The lowest BCUT2D eigenvalue weighted by Gasteiger charge is -2.24. The fourth-order valence-corrected chi connectivity index (χ4v) is 4.42. The van der Waals surface area contributed by atoms with Gasteiger partial charge in [-0.05, 0) is 18.1 Å². The highest BCUT2D eigenvalue weighted by atomic mass is 35.5. The molecule has 0 atom stereocenters. The molecular weight excluding hydrogens is 333 g/mol. The van der Waals surface area contributed by atoms with Gasteiger partial charge in [0, 0.05) is 24.5 Å². The predicted molar refractivity (Wildman–Crippen MR) is 84.7 cm³/mol. The van der Waals surface area contributed by atoms with Gasteiger partial charge in [0.2, 0.25) is 10.0 Å². The molecule has 0 heterocycles. The minimum Gasteiger partial charge on any atom is -0.398 e. The van der Waals surface area contributed by atoms with Gasteiger partial charge in [0.05, 0.1) is 16.8 Å². The van der Waals surface area contributed by atoms with Crippen LogP contribution < -0.4 is 5.73 Å². The Balaban J connectivity index is 3.32. The van der Waals surface area contributed by atoms with Crippen molar-refractivity contribution in [3.63, 3.8) is 0 Å². The number of halogens is 2. The van der Waals surface area contributed by atoms with Crippen molar-refractivity contribution in [3.8, 4) is 6.07 Å². The van der Waals surface area contributed by atoms with Crippen LogP contribution in [0.5, 0.6) is 0 Å². The summed E-state index contributed by atoms with van der Waals surface area (Å²) in [6.45, 7) is 4.15. The molecule has 1 aromatic carbocycles. The van der Waals surface area contributed by atoms with E-state index >= 15 is 0 Å². The summed E-state index contributed by atoms with van der Waals surface area (Å²) in [6.07, 6.45) is 0.0943. The van der Waals surface area contributed by atoms with Gasteiger partial charge < -0.3 is 5.73 Å². The van der Waals surface area contributed by atoms with E-state index in [1.54, 1.807) is 0 Å². The third-order valence-electron chi connectivity index (χ3n) is 2.68. The molecule has 2 N–H and O–H groups in total. The first-order valence-electron chi connectivity index (χ1n) is 6.31. The smallest absolute Gasteiger partial charge is 0.246 e. The first-order chi connectivity index (χ1) is 9.70. The molecule has 116 valence electrons. The van der Waals surface area contributed by atoms with E-state index in [-0.39, 0.29) is 46.1 Å². The summed E-state index contributed by atoms with van der Waals surface area (Å²) >= 11 is 11.8. The zero-order valence-corrected chi connectivity index (χ0v) is 14.1. The third-order valence-corrected chi connectivity index (χ3v) is 5.29. The van der Waals surface area contributed by atoms with Crippen LogP contribution in [0.4, 0.5) is 5.69 Å². The Labute approximate surface area is 135 Å². The van der Waals surface area contributed by atoms with Gasteiger partial charge in [-0.1, -0.05) is 37.0 Å². The number of nitrogen functional groups attached to an aromatic ring is 1. The van der Waals surface area contributed by atoms with Crippen LogP contribution in [0, 0.1) is 17.2 Å². The summed E-state index contributed by atoms with van der Waals surface area (Å²) in [5, 5.41) is 8.94. The van der Waals surface area contributed by atoms with Crippen LogP contribution in [0.1, 0.15) is 20.3 Å². The Morgan fingerprint density at radius 3 is 2.48 bits per heavy atom. The zero-order chi connectivity index (χ0) is 16.2. The standard InChI is InChI=1S/C13H17Cl2N3O2S/c1-9(2)8-18(5-3-4-16)21(19,20)13-11(15)6-10(14)7-12(13)17/h6-7,9H,3,5,8,17H2,1-2H3. The van der Waals surface area contributed by atoms with E-state index in [0.29, 0.717) is 0 Å². The van der Waals surface area contributed by atoms with Crippen molar-refractivity contribution in [3.05, 3.63) is 22.2 Å². The Hall–Kier alpha value is -1.000. The monoisotopic (exact) mass is 349 g/mol. The minimum atomic E-state index is -3.88. The van der Waals surface area contributed by atoms with Crippen LogP contribution in [0.25, 0.3) is 0 Å². The number of nitrogens with two attached hydrogens (primary N) is 1. The number of sulfonamides is 1. The molecule has 1 aromatic rings. The van der Waals surface area contributed by atoms with Gasteiger partial charge in [0.25, 0.3) is 0 Å². The third kappa shape index (κ3) is 4.48. The summed E-state index contributed by atoms with van der Waals surface area (Å²) in [5.74, 6) is 0.103. The second kappa shape index (κ2) is 7.32. The van der Waals surface area contributed by atoms with Crippen LogP contribution in [0.2, 0.25) is 10.0 Å². The van der Waals surface area contributed by atoms with Crippen LogP contribution in [0.3, 0.4) is 0 Å². The average molecular weight is 350 g/mol. The van der Waals surface area contributed by atoms with Crippen molar-refractivity contribution >= 4 is 38.9 Å². The largest absolute Gasteiger partial charge is 0.398 e. The van der Waals surface area contributed by atoms with Gasteiger partial charge in [-0.25, -0.2) is 8.42 Å². The maximum atomic E-state index is 12.7. The van der Waals surface area contributed by atoms with Crippen molar-refractivity contribution in [1.29, 1.82) is 5.26 Å². The van der Waals surface area contributed by atoms with Crippen molar-refractivity contribution in [2.45, 2.75) is 25.2 Å². The van der Waals surface area contributed by atoms with Crippen LogP contribution in [-0.2, 0) is 10.0 Å². The van der Waals surface area contributed by atoms with E-state index < -0.39 is 10.0 Å². The van der Waals surface area contributed by atoms with E-state index in [0.717, 1.165) is 0 Å². The van der Waals surface area contributed by atoms with Crippen molar-refractivity contribution in [2.24, 2.45) is 5.92 Å². The van der Waals surface area contributed by atoms with E-state index in [2.05, 4.69) is 0 Å². The van der Waals surface area contributed by atoms with Crippen molar-refractivity contribution < 1.29 is 8.42 Å². The summed E-state index contributed by atoms with van der Waals surface area (Å²) in [4.78, 5) is -0.160. The molecule has 0 aliphatic rings. The van der Waals surface area contributed by atoms with Gasteiger partial charge in [0.15, 0.2) is 0 Å². The van der Waals surface area contributed by atoms with Crippen molar-refractivity contribution in [1.82, 2.24) is 4.31 Å². The van der Waals surface area contributed by atoms with Crippen LogP contribution >= 0.6 is 23.2 Å². The molecule has 0 fully saturated rings. The SMILES string of the molecule is CC(C)CN(CCC#N)S(=O)(=O)c1c(N)cc(Cl)cc1Cl. The van der Waals surface area contributed by atoms with Crippen molar-refractivity contribution in [2.75, 3.05) is 18.8 Å². The predicted octanol–water partition coefficient (Wildman–Crippen LogP) is 3.14. The normalized spacial score (nSPS) is 11.9. The summed E-state index contributed by atoms with van der Waals surface area (Å²) in [7, 11) is -3.88. The number of nitriles is 1. The number of anilines is 1. The van der Waals surface area contributed by atoms with Crippen LogP contribution in [-0.4, -0.2) is 25.8 Å². The molecule has 0 saturated heterocycles. The summed E-state index contributed by atoms with van der Waals surface area (Å²) in [5.41, 5.74) is 5.76. The Morgan fingerprint density at radius 1 is 1.38 bits per heavy atom. The number of hydrogen-bond acceptors (Lipinski definition) is 4. The Morgan fingerprint density at radius 2 is 2.00 bits per heavy atom. The highest BCUT2D eigenvalue weighted by Gasteiger charge is 2.29. The molecule has 0 spiro atoms. The number of nitrogens with zero attached hydrogens (tertiary/aromatic N) is 2. The van der Waals surface area contributed by atoms with Crippen LogP contribution in [0.15, 0.2) is 17.0 Å². The fourth-order valence-electron chi connectivity index (χ4n) is 1.87. The molecule has 0 bridgehead atoms. The average Bonchev–Trinajstić information content (AvgIpc) is 2.32. The molecule has 8 heteroatoms. The minimum absolute atomic E-state index is 0.00165. The van der Waals surface area contributed by atoms with Gasteiger partial charge in [0.1, 0.15) is 4.90 Å². The fraction of sp³-hybridized carbons (Fsp3) is 0.462. The lowest BCUT2D eigenvalue weighted by molar-refractivity contribution is 0.373. The molecular formula is C13H17Cl2N3O2S. The van der Waals surface area contributed by atoms with E-state index in [9.17, 15) is 8.42 Å². The first kappa shape index (κ1) is 18.1. The van der Waals surface area contributed by atoms with Gasteiger partial charge >= 0.3 is 0 Å². The maximum absolute atomic E-state index is 12.7. The van der Waals surface area contributed by atoms with E-state index in [4.69, 9.17) is 34.2 Å². The number of benzene rings is 1. The highest BCUT2D eigenvalue weighted by Crippen LogP contribution is 2.33. The maximum Gasteiger partial charge on any atom is 0.246 e. The topological polar surface area (TPSA) is 87.2 Å². The summed E-state index contributed by atoms with van der Waals surface area (Å²) < 4.78 is 26.7. The molecule has 0 saturated carbocycles. The molecule has 0 amide bonds. The molecule has 0 aliphatic carbocycles.